The Bertz CT molecular complexity index is 990. The van der Waals surface area contributed by atoms with Crippen molar-refractivity contribution in [1.29, 1.82) is 0 Å². The topological polar surface area (TPSA) is 84.5 Å². The minimum absolute atomic E-state index is 0.0764. The number of allylic oxidation sites excluding steroid dienone is 2. The third-order valence-electron chi connectivity index (χ3n) is 5.38. The third kappa shape index (κ3) is 3.77. The van der Waals surface area contributed by atoms with Gasteiger partial charge in [0.2, 0.25) is 10.0 Å². The van der Waals surface area contributed by atoms with Gasteiger partial charge in [-0.3, -0.25) is 10.1 Å². The van der Waals surface area contributed by atoms with Gasteiger partial charge in [0.05, 0.1) is 18.9 Å². The van der Waals surface area contributed by atoms with E-state index in [0.29, 0.717) is 5.56 Å². The summed E-state index contributed by atoms with van der Waals surface area (Å²) in [7, 11) is -3.58. The molecule has 0 spiro atoms. The number of fused-ring (bicyclic) bond motifs is 2. The molecule has 1 aliphatic carbocycles. The molecule has 148 valence electrons. The number of amides is 1. The molecule has 2 N–H and O–H groups in total. The number of rotatable bonds is 3. The van der Waals surface area contributed by atoms with Crippen LogP contribution < -0.4 is 10.0 Å². The summed E-state index contributed by atoms with van der Waals surface area (Å²) < 4.78 is 30.6. The average molecular weight is 401 g/mol. The van der Waals surface area contributed by atoms with Gasteiger partial charge in [0.25, 0.3) is 5.91 Å². The number of hydrogen-bond acceptors (Lipinski definition) is 5. The maximum absolute atomic E-state index is 12.0. The van der Waals surface area contributed by atoms with Gasteiger partial charge in [0.1, 0.15) is 5.76 Å². The van der Waals surface area contributed by atoms with Crippen molar-refractivity contribution in [2.24, 2.45) is 5.92 Å². The Kier molecular flexibility index (Phi) is 4.89. The van der Waals surface area contributed by atoms with Gasteiger partial charge in [-0.25, -0.2) is 13.1 Å². The highest BCUT2D eigenvalue weighted by Gasteiger charge is 2.39. The Hall–Kier alpha value is -2.38. The van der Waals surface area contributed by atoms with Gasteiger partial charge in [0, 0.05) is 23.1 Å². The predicted molar refractivity (Wildman–Crippen MR) is 107 cm³/mol. The third-order valence-corrected chi connectivity index (χ3v) is 5.94. The van der Waals surface area contributed by atoms with E-state index in [0.717, 1.165) is 37.0 Å². The van der Waals surface area contributed by atoms with Crippen LogP contribution >= 0.6 is 0 Å². The molecular weight excluding hydrogens is 376 g/mol. The number of nitrogens with one attached hydrogen (secondary N) is 2. The second-order valence-electron chi connectivity index (χ2n) is 7.61. The summed E-state index contributed by atoms with van der Waals surface area (Å²) in [5, 5.41) is 3.71. The van der Waals surface area contributed by atoms with Crippen molar-refractivity contribution in [3.63, 3.8) is 0 Å². The van der Waals surface area contributed by atoms with Gasteiger partial charge in [-0.2, -0.15) is 0 Å². The fourth-order valence-corrected chi connectivity index (χ4v) is 4.61. The van der Waals surface area contributed by atoms with Crippen LogP contribution in [0, 0.1) is 5.92 Å². The molecule has 0 bridgehead atoms. The van der Waals surface area contributed by atoms with Crippen LogP contribution in [0.1, 0.15) is 41.7 Å². The lowest BCUT2D eigenvalue weighted by atomic mass is 9.78. The molecule has 2 aliphatic heterocycles. The van der Waals surface area contributed by atoms with Crippen LogP contribution in [0.5, 0.6) is 0 Å². The largest absolute Gasteiger partial charge is 0.497 e. The molecule has 28 heavy (non-hydrogen) atoms. The molecule has 7 heteroatoms. The monoisotopic (exact) mass is 400 g/mol. The molecule has 4 rings (SSSR count). The number of carbonyl (C=O) groups excluding carboxylic acids is 1. The summed E-state index contributed by atoms with van der Waals surface area (Å²) in [5.74, 6) is 0.694. The Balaban J connectivity index is 1.63. The van der Waals surface area contributed by atoms with E-state index in [1.807, 2.05) is 16.9 Å². The van der Waals surface area contributed by atoms with Crippen LogP contribution in [-0.2, 0) is 14.8 Å². The molecule has 6 nitrogen and oxygen atoms in total. The minimum Gasteiger partial charge on any atom is -0.497 e. The van der Waals surface area contributed by atoms with Gasteiger partial charge >= 0.3 is 0 Å². The van der Waals surface area contributed by atoms with Gasteiger partial charge in [-0.1, -0.05) is 35.9 Å². The highest BCUT2D eigenvalue weighted by atomic mass is 32.2. The van der Waals surface area contributed by atoms with Crippen molar-refractivity contribution < 1.29 is 17.9 Å². The quantitative estimate of drug-likeness (QED) is 0.815. The predicted octanol–water partition coefficient (Wildman–Crippen LogP) is 2.59. The normalized spacial score (nSPS) is 26.6. The molecule has 0 aromatic heterocycles. The molecule has 1 saturated heterocycles. The lowest BCUT2D eigenvalue weighted by Crippen LogP contribution is -2.45. The van der Waals surface area contributed by atoms with E-state index in [-0.39, 0.29) is 18.0 Å². The van der Waals surface area contributed by atoms with Crippen molar-refractivity contribution in [3.05, 3.63) is 70.5 Å². The average Bonchev–Trinajstić information content (AvgIpc) is 2.66. The van der Waals surface area contributed by atoms with Crippen molar-refractivity contribution >= 4 is 15.9 Å². The van der Waals surface area contributed by atoms with Gasteiger partial charge in [-0.05, 0) is 37.5 Å². The van der Waals surface area contributed by atoms with Crippen LogP contribution in [0.2, 0.25) is 0 Å². The van der Waals surface area contributed by atoms with Crippen molar-refractivity contribution in [3.8, 4) is 0 Å². The van der Waals surface area contributed by atoms with Crippen LogP contribution in [-0.4, -0.2) is 33.2 Å². The van der Waals surface area contributed by atoms with E-state index in [2.05, 4.69) is 30.5 Å². The van der Waals surface area contributed by atoms with Crippen molar-refractivity contribution in [2.75, 3.05) is 12.9 Å². The second kappa shape index (κ2) is 7.22. The number of ether oxygens (including phenoxy) is 1. The molecular formula is C21H24N2O4S. The molecule has 1 aromatic carbocycles. The Morgan fingerprint density at radius 2 is 2.00 bits per heavy atom. The minimum atomic E-state index is -3.58. The zero-order valence-corrected chi connectivity index (χ0v) is 16.8. The smallest absolute Gasteiger partial charge is 0.264 e. The number of benzene rings is 1. The van der Waals surface area contributed by atoms with Crippen LogP contribution in [0.3, 0.4) is 0 Å². The number of hydrogen-bond donors (Lipinski definition) is 2. The van der Waals surface area contributed by atoms with E-state index in [1.165, 1.54) is 11.1 Å². The van der Waals surface area contributed by atoms with Crippen LogP contribution in [0.4, 0.5) is 0 Å². The first-order valence-corrected chi connectivity index (χ1v) is 11.3. The van der Waals surface area contributed by atoms with E-state index in [1.54, 1.807) is 12.1 Å². The maximum atomic E-state index is 12.0. The summed E-state index contributed by atoms with van der Waals surface area (Å²) >= 11 is 0. The van der Waals surface area contributed by atoms with E-state index < -0.39 is 15.9 Å². The van der Waals surface area contributed by atoms with Gasteiger partial charge in [-0.15, -0.1) is 0 Å². The number of carbonyl (C=O) groups is 1. The molecule has 3 aliphatic rings. The Morgan fingerprint density at radius 3 is 2.71 bits per heavy atom. The zero-order chi connectivity index (χ0) is 19.9. The maximum Gasteiger partial charge on any atom is 0.264 e. The summed E-state index contributed by atoms with van der Waals surface area (Å²) in [5.41, 5.74) is 3.80. The standard InChI is InChI=1S/C21H24N2O4S/c1-13-5-10-18-17(12-13)20-16(4-3-11-27-20)19(22-18)14-6-8-15(9-7-14)21(24)23-28(2,25)26/h5-10,12,16,18-19,22H,3-4,11H2,1-2H3,(H,23,24)/t16-,18?,19+/m1/s1. The molecule has 0 saturated carbocycles. The molecule has 1 unspecified atom stereocenters. The van der Waals surface area contributed by atoms with Crippen LogP contribution in [0.15, 0.2) is 59.4 Å². The first-order valence-electron chi connectivity index (χ1n) is 9.43. The highest BCUT2D eigenvalue weighted by molar-refractivity contribution is 7.89. The number of sulfonamides is 1. The SMILES string of the molecule is CC1=CC2=C3OCCC[C@@H]3[C@H](c3ccc(C(=O)NS(C)(=O)=O)cc3)NC2C=C1. The summed E-state index contributed by atoms with van der Waals surface area (Å²) in [6.45, 7) is 2.83. The molecule has 0 radical (unpaired) electrons. The van der Waals surface area contributed by atoms with E-state index >= 15 is 0 Å². The zero-order valence-electron chi connectivity index (χ0n) is 15.9. The first-order chi connectivity index (χ1) is 13.3. The van der Waals surface area contributed by atoms with Gasteiger partial charge in [0.15, 0.2) is 0 Å². The van der Waals surface area contributed by atoms with Crippen molar-refractivity contribution in [2.45, 2.75) is 31.8 Å². The molecule has 1 amide bonds. The fourth-order valence-electron chi connectivity index (χ4n) is 4.15. The van der Waals surface area contributed by atoms with Crippen molar-refractivity contribution in [1.82, 2.24) is 10.0 Å². The lowest BCUT2D eigenvalue weighted by molar-refractivity contribution is 0.0947. The molecule has 1 aromatic rings. The first kappa shape index (κ1) is 19.0. The molecule has 1 fully saturated rings. The summed E-state index contributed by atoms with van der Waals surface area (Å²) in [6, 6.07) is 7.29. The second-order valence-corrected chi connectivity index (χ2v) is 9.36. The fraction of sp³-hybridized carbons (Fsp3) is 0.381. The molecule has 3 atom stereocenters. The van der Waals surface area contributed by atoms with Crippen LogP contribution in [0.25, 0.3) is 0 Å². The molecule has 2 heterocycles. The summed E-state index contributed by atoms with van der Waals surface area (Å²) in [4.78, 5) is 12.0. The van der Waals surface area contributed by atoms with Gasteiger partial charge < -0.3 is 4.74 Å². The lowest BCUT2D eigenvalue weighted by Gasteiger charge is -2.42. The Labute approximate surface area is 165 Å². The van der Waals surface area contributed by atoms with E-state index in [9.17, 15) is 13.2 Å². The summed E-state index contributed by atoms with van der Waals surface area (Å²) in [6.07, 6.45) is 9.48. The Morgan fingerprint density at radius 1 is 1.25 bits per heavy atom. The van der Waals surface area contributed by atoms with E-state index in [4.69, 9.17) is 4.74 Å². The highest BCUT2D eigenvalue weighted by Crippen LogP contribution is 2.43.